The Kier molecular flexibility index (Phi) is 4.67. The lowest BCUT2D eigenvalue weighted by molar-refractivity contribution is 0.0117. The summed E-state index contributed by atoms with van der Waals surface area (Å²) in [5, 5.41) is 0. The first-order valence-electron chi connectivity index (χ1n) is 6.97. The highest BCUT2D eigenvalue weighted by Crippen LogP contribution is 2.49. The van der Waals surface area contributed by atoms with Crippen molar-refractivity contribution in [1.29, 1.82) is 0 Å². The lowest BCUT2D eigenvalue weighted by atomic mass is 9.57. The van der Waals surface area contributed by atoms with E-state index in [-0.39, 0.29) is 0 Å². The first kappa shape index (κ1) is 13.1. The minimum Gasteiger partial charge on any atom is -0.0651 e. The van der Waals surface area contributed by atoms with Gasteiger partial charge < -0.3 is 0 Å². The molecule has 1 rings (SSSR count). The number of hydrogen-bond donors (Lipinski definition) is 0. The second-order valence-electron chi connectivity index (χ2n) is 6.37. The minimum absolute atomic E-state index is 0.863. The van der Waals surface area contributed by atoms with Crippen LogP contribution in [-0.4, -0.2) is 0 Å². The maximum Gasteiger partial charge on any atom is -0.0355 e. The van der Waals surface area contributed by atoms with Gasteiger partial charge in [-0.05, 0) is 48.3 Å². The van der Waals surface area contributed by atoms with Gasteiger partial charge in [-0.25, -0.2) is 0 Å². The average Bonchev–Trinajstić information content (AvgIpc) is 2.21. The Morgan fingerprint density at radius 3 is 2.13 bits per heavy atom. The van der Waals surface area contributed by atoms with Gasteiger partial charge in [0.25, 0.3) is 0 Å². The topological polar surface area (TPSA) is 0 Å². The van der Waals surface area contributed by atoms with E-state index in [9.17, 15) is 0 Å². The van der Waals surface area contributed by atoms with Crippen molar-refractivity contribution in [1.82, 2.24) is 0 Å². The Bertz CT molecular complexity index is 182. The van der Waals surface area contributed by atoms with Crippen molar-refractivity contribution in [2.75, 3.05) is 0 Å². The molecule has 0 aliphatic heterocycles. The highest BCUT2D eigenvalue weighted by Gasteiger charge is 2.41. The van der Waals surface area contributed by atoms with E-state index in [0.717, 1.165) is 35.5 Å². The summed E-state index contributed by atoms with van der Waals surface area (Å²) in [4.78, 5) is 0. The van der Waals surface area contributed by atoms with Gasteiger partial charge in [0.1, 0.15) is 0 Å². The molecule has 1 aliphatic rings. The summed E-state index contributed by atoms with van der Waals surface area (Å²) in [6.45, 7) is 14.4. The lowest BCUT2D eigenvalue weighted by Gasteiger charge is -2.48. The van der Waals surface area contributed by atoms with Crippen LogP contribution in [0.5, 0.6) is 0 Å². The Morgan fingerprint density at radius 1 is 1.13 bits per heavy atom. The molecule has 0 amide bonds. The fraction of sp³-hybridized carbons (Fsp3) is 1.00. The Hall–Kier alpha value is 0. The summed E-state index contributed by atoms with van der Waals surface area (Å²) < 4.78 is 0. The molecule has 0 heterocycles. The van der Waals surface area contributed by atoms with E-state index < -0.39 is 0 Å². The van der Waals surface area contributed by atoms with Crippen molar-refractivity contribution in [3.8, 4) is 0 Å². The molecule has 1 aliphatic carbocycles. The fourth-order valence-corrected chi connectivity index (χ4v) is 3.11. The van der Waals surface area contributed by atoms with Gasteiger partial charge in [0.05, 0.1) is 0 Å². The van der Waals surface area contributed by atoms with E-state index >= 15 is 0 Å². The van der Waals surface area contributed by atoms with E-state index in [4.69, 9.17) is 0 Å². The standard InChI is InChI=1S/C15H30/c1-7-11(4)8-14-9-15(13(14)6)12(5)10(2)3/h10-15H,7-9H2,1-6H3. The second kappa shape index (κ2) is 5.37. The zero-order valence-corrected chi connectivity index (χ0v) is 11.6. The van der Waals surface area contributed by atoms with E-state index in [1.165, 1.54) is 19.3 Å². The SMILES string of the molecule is CCC(C)CC1CC(C(C)C(C)C)C1C. The van der Waals surface area contributed by atoms with Gasteiger partial charge in [0.2, 0.25) is 0 Å². The molecule has 0 nitrogen and oxygen atoms in total. The molecule has 90 valence electrons. The van der Waals surface area contributed by atoms with Crippen LogP contribution in [0.25, 0.3) is 0 Å². The zero-order valence-electron chi connectivity index (χ0n) is 11.6. The highest BCUT2D eigenvalue weighted by atomic mass is 14.5. The summed E-state index contributed by atoms with van der Waals surface area (Å²) in [6.07, 6.45) is 4.33. The zero-order chi connectivity index (χ0) is 11.6. The highest BCUT2D eigenvalue weighted by molar-refractivity contribution is 4.90. The average molecular weight is 210 g/mol. The summed E-state index contributed by atoms with van der Waals surface area (Å²) in [7, 11) is 0. The van der Waals surface area contributed by atoms with Crippen molar-refractivity contribution >= 4 is 0 Å². The smallest absolute Gasteiger partial charge is 0.0355 e. The lowest BCUT2D eigenvalue weighted by Crippen LogP contribution is -2.40. The van der Waals surface area contributed by atoms with Crippen molar-refractivity contribution in [2.45, 2.75) is 60.8 Å². The molecule has 5 unspecified atom stereocenters. The van der Waals surface area contributed by atoms with E-state index in [2.05, 4.69) is 41.5 Å². The van der Waals surface area contributed by atoms with Gasteiger partial charge in [-0.3, -0.25) is 0 Å². The van der Waals surface area contributed by atoms with Crippen molar-refractivity contribution in [2.24, 2.45) is 35.5 Å². The van der Waals surface area contributed by atoms with Crippen LogP contribution in [0.4, 0.5) is 0 Å². The van der Waals surface area contributed by atoms with Crippen LogP contribution in [0.2, 0.25) is 0 Å². The molecule has 0 radical (unpaired) electrons. The molecule has 1 fully saturated rings. The third-order valence-electron chi connectivity index (χ3n) is 5.12. The predicted octanol–water partition coefficient (Wildman–Crippen LogP) is 4.99. The van der Waals surface area contributed by atoms with Crippen LogP contribution in [0.1, 0.15) is 60.8 Å². The summed E-state index contributed by atoms with van der Waals surface area (Å²) >= 11 is 0. The van der Waals surface area contributed by atoms with Gasteiger partial charge in [-0.1, -0.05) is 48.0 Å². The van der Waals surface area contributed by atoms with Gasteiger partial charge in [-0.15, -0.1) is 0 Å². The van der Waals surface area contributed by atoms with Crippen molar-refractivity contribution < 1.29 is 0 Å². The van der Waals surface area contributed by atoms with Crippen LogP contribution in [0.3, 0.4) is 0 Å². The maximum atomic E-state index is 2.49. The molecule has 1 saturated carbocycles. The van der Waals surface area contributed by atoms with Crippen molar-refractivity contribution in [3.05, 3.63) is 0 Å². The van der Waals surface area contributed by atoms with Gasteiger partial charge in [0.15, 0.2) is 0 Å². The van der Waals surface area contributed by atoms with Crippen LogP contribution in [-0.2, 0) is 0 Å². The van der Waals surface area contributed by atoms with E-state index in [0.29, 0.717) is 0 Å². The molecular formula is C15H30. The van der Waals surface area contributed by atoms with Crippen LogP contribution >= 0.6 is 0 Å². The summed E-state index contributed by atoms with van der Waals surface area (Å²) in [5.41, 5.74) is 0. The summed E-state index contributed by atoms with van der Waals surface area (Å²) in [6, 6.07) is 0. The largest absolute Gasteiger partial charge is 0.0651 e. The van der Waals surface area contributed by atoms with Gasteiger partial charge in [-0.2, -0.15) is 0 Å². The Labute approximate surface area is 96.8 Å². The molecule has 0 aromatic rings. The molecule has 5 atom stereocenters. The molecule has 0 bridgehead atoms. The molecule has 0 aromatic heterocycles. The molecule has 0 aromatic carbocycles. The van der Waals surface area contributed by atoms with Gasteiger partial charge >= 0.3 is 0 Å². The number of rotatable bonds is 5. The maximum absolute atomic E-state index is 2.49. The molecule has 0 spiro atoms. The third kappa shape index (κ3) is 2.98. The Balaban J connectivity index is 2.34. The van der Waals surface area contributed by atoms with Crippen molar-refractivity contribution in [3.63, 3.8) is 0 Å². The Morgan fingerprint density at radius 2 is 1.73 bits per heavy atom. The predicted molar refractivity (Wildman–Crippen MR) is 68.8 cm³/mol. The quantitative estimate of drug-likeness (QED) is 0.600. The molecular weight excluding hydrogens is 180 g/mol. The first-order chi connectivity index (χ1) is 6.97. The fourth-order valence-electron chi connectivity index (χ4n) is 3.11. The normalized spacial score (nSPS) is 35.0. The minimum atomic E-state index is 0.863. The molecule has 0 N–H and O–H groups in total. The number of hydrogen-bond acceptors (Lipinski definition) is 0. The second-order valence-corrected chi connectivity index (χ2v) is 6.37. The van der Waals surface area contributed by atoms with E-state index in [1.54, 1.807) is 0 Å². The molecule has 0 heteroatoms. The monoisotopic (exact) mass is 210 g/mol. The third-order valence-corrected chi connectivity index (χ3v) is 5.12. The van der Waals surface area contributed by atoms with Crippen LogP contribution < -0.4 is 0 Å². The van der Waals surface area contributed by atoms with Crippen LogP contribution in [0.15, 0.2) is 0 Å². The van der Waals surface area contributed by atoms with E-state index in [1.807, 2.05) is 0 Å². The summed E-state index contributed by atoms with van der Waals surface area (Å²) in [5.74, 6) is 5.75. The van der Waals surface area contributed by atoms with Crippen LogP contribution in [0, 0.1) is 35.5 Å². The first-order valence-corrected chi connectivity index (χ1v) is 6.97. The molecule has 0 saturated heterocycles. The molecule has 15 heavy (non-hydrogen) atoms. The van der Waals surface area contributed by atoms with Gasteiger partial charge in [0, 0.05) is 0 Å².